The van der Waals surface area contributed by atoms with Gasteiger partial charge >= 0.3 is 35.8 Å². The van der Waals surface area contributed by atoms with Crippen LogP contribution < -0.4 is 0 Å². The first kappa shape index (κ1) is 63.1. The van der Waals surface area contributed by atoms with Gasteiger partial charge in [-0.2, -0.15) is 5.06 Å². The van der Waals surface area contributed by atoms with E-state index in [0.29, 0.717) is 64.5 Å². The van der Waals surface area contributed by atoms with Crippen LogP contribution in [0.3, 0.4) is 0 Å². The number of carbonyl (C=O) groups is 10. The molecule has 0 spiro atoms. The molecule has 3 fully saturated rings. The van der Waals surface area contributed by atoms with Crippen LogP contribution in [-0.2, 0) is 95.4 Å². The van der Waals surface area contributed by atoms with Crippen molar-refractivity contribution in [2.45, 2.75) is 104 Å². The molecule has 0 aliphatic carbocycles. The molecule has 0 aromatic carbocycles. The maximum atomic E-state index is 11.5. The van der Waals surface area contributed by atoms with Gasteiger partial charge in [0.2, 0.25) is 0 Å². The van der Waals surface area contributed by atoms with E-state index in [0.717, 1.165) is 32.5 Å². The highest BCUT2D eigenvalue weighted by atomic mass is 16.7. The van der Waals surface area contributed by atoms with Crippen LogP contribution in [0.1, 0.15) is 104 Å². The van der Waals surface area contributed by atoms with Crippen LogP contribution in [0, 0.1) is 0 Å². The van der Waals surface area contributed by atoms with Crippen molar-refractivity contribution < 1.29 is 111 Å². The van der Waals surface area contributed by atoms with E-state index in [1.807, 2.05) is 20.8 Å². The van der Waals surface area contributed by atoms with Crippen molar-refractivity contribution in [2.24, 2.45) is 0 Å². The second-order valence-electron chi connectivity index (χ2n) is 13.0. The number of aliphatic carboxylic acids is 1. The van der Waals surface area contributed by atoms with Crippen LogP contribution in [0.15, 0.2) is 0 Å². The number of imide groups is 2. The number of carbonyl (C=O) groups excluding carboxylic acids is 9. The van der Waals surface area contributed by atoms with Crippen LogP contribution in [0.4, 0.5) is 0 Å². The third-order valence-electron chi connectivity index (χ3n) is 7.62. The second-order valence-corrected chi connectivity index (χ2v) is 13.0. The lowest BCUT2D eigenvalue weighted by Gasteiger charge is -2.12. The van der Waals surface area contributed by atoms with E-state index >= 15 is 0 Å². The number of aliphatic hydroxyl groups excluding tert-OH is 1. The van der Waals surface area contributed by atoms with E-state index in [9.17, 15) is 47.9 Å². The molecule has 0 atom stereocenters. The molecule has 3 N–H and O–H groups in total. The van der Waals surface area contributed by atoms with Gasteiger partial charge in [0.05, 0.1) is 65.0 Å². The topological polar surface area (TPSA) is 330 Å². The molecule has 25 heteroatoms. The monoisotopic (exact) mass is 956 g/mol. The van der Waals surface area contributed by atoms with Gasteiger partial charge < -0.3 is 57.7 Å². The Morgan fingerprint density at radius 2 is 0.848 bits per heavy atom. The van der Waals surface area contributed by atoms with Crippen molar-refractivity contribution in [1.82, 2.24) is 10.1 Å². The molecule has 3 aliphatic heterocycles. The van der Waals surface area contributed by atoms with Gasteiger partial charge in [0.25, 0.3) is 23.6 Å². The summed E-state index contributed by atoms with van der Waals surface area (Å²) in [5.41, 5.74) is 0. The zero-order valence-electron chi connectivity index (χ0n) is 38.2. The molecule has 25 nitrogen and oxygen atoms in total. The van der Waals surface area contributed by atoms with Gasteiger partial charge in [-0.3, -0.25) is 48.4 Å². The molecule has 0 radical (unpaired) electrons. The van der Waals surface area contributed by atoms with Crippen LogP contribution in [0.2, 0.25) is 0 Å². The molecule has 4 amide bonds. The molecule has 0 aromatic rings. The summed E-state index contributed by atoms with van der Waals surface area (Å²) in [6.45, 7) is 13.1. The highest BCUT2D eigenvalue weighted by Crippen LogP contribution is 2.13. The quantitative estimate of drug-likeness (QED) is 0.0226. The number of ether oxygens (including phenoxy) is 9. The summed E-state index contributed by atoms with van der Waals surface area (Å²) in [4.78, 5) is 112. The Hall–Kier alpha value is -5.02. The number of hydrogen-bond donors (Lipinski definition) is 3. The van der Waals surface area contributed by atoms with Crippen molar-refractivity contribution in [3.63, 3.8) is 0 Å². The molecule has 3 heterocycles. The van der Waals surface area contributed by atoms with Crippen LogP contribution >= 0.6 is 0 Å². The van der Waals surface area contributed by atoms with E-state index in [1.54, 1.807) is 0 Å². The number of esters is 4. The zero-order chi connectivity index (χ0) is 49.8. The van der Waals surface area contributed by atoms with E-state index in [2.05, 4.69) is 9.57 Å². The number of amides is 4. The van der Waals surface area contributed by atoms with Crippen LogP contribution in [-0.4, -0.2) is 184 Å². The third-order valence-corrected chi connectivity index (χ3v) is 7.62. The Morgan fingerprint density at radius 3 is 1.18 bits per heavy atom. The van der Waals surface area contributed by atoms with Crippen molar-refractivity contribution in [3.8, 4) is 0 Å². The molecule has 66 heavy (non-hydrogen) atoms. The second kappa shape index (κ2) is 43.9. The molecule has 0 unspecified atom stereocenters. The lowest BCUT2D eigenvalue weighted by Crippen LogP contribution is -2.32. The SMILES string of the molecule is CCOCCCOCCO.CCOCCCOCCOC(=O)CCC(=O)O.CCOCCCOCCOC(=O)CCC(=O)ON1C(=O)CCC1=O.O=C1CCC(=O)N1O.O=C1CCC(=O)O1. The standard InChI is InChI=1S/C15H23NO8.C11H20O6.C7H16O3.C4H5NO3.C4H4O3/c1-2-21-8-3-9-22-10-11-23-14(19)6-7-15(20)24-16-12(17)4-5-13(16)18;1-2-15-6-3-7-16-8-9-17-11(14)5-4-10(12)13;1-2-9-5-3-6-10-7-4-8;6-3-1-2-4(7)5(3)8;5-3-1-2-4(6)7-3/h2-11H2,1H3;2-9H2,1H3,(H,12,13);8H,2-7H2,1H3;8H,1-2H2;1-2H2. The number of rotatable bonds is 30. The Labute approximate surface area is 383 Å². The van der Waals surface area contributed by atoms with Gasteiger partial charge in [-0.25, -0.2) is 4.79 Å². The number of hydroxylamine groups is 4. The molecule has 0 bridgehead atoms. The van der Waals surface area contributed by atoms with Crippen molar-refractivity contribution in [1.29, 1.82) is 0 Å². The highest BCUT2D eigenvalue weighted by Gasteiger charge is 2.33. The fraction of sp³-hybridized carbons (Fsp3) is 0.756. The summed E-state index contributed by atoms with van der Waals surface area (Å²) < 4.78 is 44.5. The van der Waals surface area contributed by atoms with Gasteiger partial charge in [0.15, 0.2) is 0 Å². The molecule has 380 valence electrons. The molecular weight excluding hydrogens is 888 g/mol. The number of nitrogens with zero attached hydrogens (tertiary/aromatic N) is 2. The Bertz CT molecular complexity index is 1370. The first-order valence-corrected chi connectivity index (χ1v) is 21.6. The predicted molar refractivity (Wildman–Crippen MR) is 221 cm³/mol. The normalized spacial score (nSPS) is 13.9. The largest absolute Gasteiger partial charge is 0.481 e. The summed E-state index contributed by atoms with van der Waals surface area (Å²) >= 11 is 0. The van der Waals surface area contributed by atoms with Crippen molar-refractivity contribution in [3.05, 3.63) is 0 Å². The van der Waals surface area contributed by atoms with Gasteiger partial charge in [-0.15, -0.1) is 5.06 Å². The fourth-order valence-electron chi connectivity index (χ4n) is 4.38. The van der Waals surface area contributed by atoms with Crippen LogP contribution in [0.25, 0.3) is 0 Å². The lowest BCUT2D eigenvalue weighted by atomic mass is 10.3. The predicted octanol–water partition coefficient (Wildman–Crippen LogP) is 0.994. The van der Waals surface area contributed by atoms with Gasteiger partial charge in [0.1, 0.15) is 13.2 Å². The summed E-state index contributed by atoms with van der Waals surface area (Å²) in [6, 6.07) is 0. The summed E-state index contributed by atoms with van der Waals surface area (Å²) in [7, 11) is 0. The first-order valence-electron chi connectivity index (χ1n) is 21.6. The summed E-state index contributed by atoms with van der Waals surface area (Å²) in [6.07, 6.45) is 2.59. The van der Waals surface area contributed by atoms with E-state index in [4.69, 9.17) is 53.3 Å². The number of cyclic esters (lactones) is 2. The molecule has 0 saturated carbocycles. The van der Waals surface area contributed by atoms with E-state index in [1.165, 1.54) is 0 Å². The average Bonchev–Trinajstić information content (AvgIpc) is 3.94. The highest BCUT2D eigenvalue weighted by molar-refractivity contribution is 6.02. The smallest absolute Gasteiger partial charge is 0.333 e. The Balaban J connectivity index is 0. The first-order chi connectivity index (χ1) is 31.6. The molecule has 3 rings (SSSR count). The zero-order valence-corrected chi connectivity index (χ0v) is 38.2. The van der Waals surface area contributed by atoms with Gasteiger partial charge in [0, 0.05) is 85.1 Å². The minimum atomic E-state index is -1.01. The third kappa shape index (κ3) is 39.4. The molecule has 3 saturated heterocycles. The van der Waals surface area contributed by atoms with Crippen LogP contribution in [0.5, 0.6) is 0 Å². The lowest BCUT2D eigenvalue weighted by molar-refractivity contribution is -0.197. The minimum Gasteiger partial charge on any atom is -0.481 e. The van der Waals surface area contributed by atoms with Gasteiger partial charge in [-0.1, -0.05) is 0 Å². The molecular formula is C41H68N2O23. The van der Waals surface area contributed by atoms with E-state index < -0.39 is 59.4 Å². The Morgan fingerprint density at radius 1 is 0.485 bits per heavy atom. The summed E-state index contributed by atoms with van der Waals surface area (Å²) in [5.74, 6) is -5.85. The number of aliphatic hydroxyl groups is 1. The summed E-state index contributed by atoms with van der Waals surface area (Å²) in [5, 5.41) is 25.7. The van der Waals surface area contributed by atoms with E-state index in [-0.39, 0.29) is 95.7 Å². The average molecular weight is 957 g/mol. The Kier molecular flexibility index (Phi) is 41.9. The molecule has 3 aliphatic rings. The fourth-order valence-corrected chi connectivity index (χ4v) is 4.38. The number of carboxylic acid groups (broad SMARTS) is 1. The van der Waals surface area contributed by atoms with Crippen molar-refractivity contribution >= 4 is 59.4 Å². The van der Waals surface area contributed by atoms with Crippen molar-refractivity contribution in [2.75, 3.05) is 99.1 Å². The maximum Gasteiger partial charge on any atom is 0.333 e. The number of carboxylic acids is 1. The minimum absolute atomic E-state index is 0.0265. The van der Waals surface area contributed by atoms with Gasteiger partial charge in [-0.05, 0) is 40.0 Å². The maximum absolute atomic E-state index is 11.5. The molecule has 0 aromatic heterocycles. The number of hydrogen-bond acceptors (Lipinski definition) is 22.